The molecule has 0 aliphatic rings. The molecule has 0 unspecified atom stereocenters. The number of nitro groups is 1. The fraction of sp³-hybridized carbons (Fsp3) is 0.0909. The average molecular weight is 329 g/mol. The molecule has 0 atom stereocenters. The monoisotopic (exact) mass is 328 g/mol. The molecule has 7 heteroatoms. The third kappa shape index (κ3) is 3.44. The van der Waals surface area contributed by atoms with Crippen LogP contribution in [0.2, 0.25) is 0 Å². The van der Waals surface area contributed by atoms with Crippen molar-refractivity contribution in [3.8, 4) is 0 Å². The summed E-state index contributed by atoms with van der Waals surface area (Å²) in [4.78, 5) is 25.4. The Kier molecular flexibility index (Phi) is 5.11. The lowest BCUT2D eigenvalue weighted by Crippen LogP contribution is -2.03. The molecule has 2 aromatic rings. The Morgan fingerprint density at radius 2 is 2.00 bits per heavy atom. The van der Waals surface area contributed by atoms with E-state index in [0.29, 0.717) is 10.6 Å². The maximum absolute atomic E-state index is 11.8. The van der Waals surface area contributed by atoms with Crippen LogP contribution in [-0.4, -0.2) is 15.7 Å². The van der Waals surface area contributed by atoms with Gasteiger partial charge in [-0.3, -0.25) is 4.79 Å². The van der Waals surface area contributed by atoms with E-state index in [1.165, 1.54) is 5.38 Å². The number of hydrogen-bond acceptors (Lipinski definition) is 5. The largest absolute Gasteiger partial charge is 0.374 e. The topological polar surface area (TPSA) is 73.1 Å². The number of benzene rings is 1. The van der Waals surface area contributed by atoms with Crippen LogP contribution >= 0.6 is 28.3 Å². The molecule has 0 spiro atoms. The van der Waals surface area contributed by atoms with E-state index in [1.807, 2.05) is 6.07 Å². The van der Waals surface area contributed by atoms with E-state index >= 15 is 0 Å². The predicted octanol–water partition coefficient (Wildman–Crippen LogP) is 3.05. The highest BCUT2D eigenvalue weighted by molar-refractivity contribution is 8.93. The first-order valence-electron chi connectivity index (χ1n) is 4.84. The summed E-state index contributed by atoms with van der Waals surface area (Å²) in [6.07, 6.45) is 0.0997. The molecule has 0 saturated carbocycles. The van der Waals surface area contributed by atoms with Crippen LogP contribution in [-0.2, 0) is 6.42 Å². The lowest BCUT2D eigenvalue weighted by Gasteiger charge is -1.95. The van der Waals surface area contributed by atoms with Crippen LogP contribution < -0.4 is 0 Å². The number of Topliss-reactive ketones (excluding diaryl/α,β-unsaturated/α-hetero) is 1. The molecule has 0 fully saturated rings. The zero-order chi connectivity index (χ0) is 12.3. The minimum atomic E-state index is -0.563. The van der Waals surface area contributed by atoms with Gasteiger partial charge in [-0.15, -0.1) is 17.0 Å². The summed E-state index contributed by atoms with van der Waals surface area (Å²) >= 11 is 1.13. The van der Waals surface area contributed by atoms with Gasteiger partial charge in [-0.2, -0.15) is 0 Å². The fourth-order valence-electron chi connectivity index (χ4n) is 1.33. The maximum Gasteiger partial charge on any atom is 0.374 e. The average Bonchev–Trinajstić information content (AvgIpc) is 2.79. The van der Waals surface area contributed by atoms with Crippen molar-refractivity contribution in [3.05, 3.63) is 56.4 Å². The Labute approximate surface area is 117 Å². The second-order valence-corrected chi connectivity index (χ2v) is 4.27. The summed E-state index contributed by atoms with van der Waals surface area (Å²) in [6, 6.07) is 8.80. The quantitative estimate of drug-likeness (QED) is 0.491. The van der Waals surface area contributed by atoms with Crippen LogP contribution in [0.25, 0.3) is 0 Å². The number of hydrogen-bond donors (Lipinski definition) is 0. The zero-order valence-corrected chi connectivity index (χ0v) is 11.6. The fourth-order valence-corrected chi connectivity index (χ4v) is 2.07. The molecular formula is C11H9BrN2O3S. The molecule has 0 aliphatic heterocycles. The van der Waals surface area contributed by atoms with E-state index in [2.05, 4.69) is 4.98 Å². The molecule has 0 N–H and O–H groups in total. The van der Waals surface area contributed by atoms with Crippen molar-refractivity contribution < 1.29 is 9.72 Å². The van der Waals surface area contributed by atoms with Crippen LogP contribution in [0.15, 0.2) is 35.7 Å². The lowest BCUT2D eigenvalue weighted by molar-refractivity contribution is -0.389. The standard InChI is InChI=1S/C11H8N2O3S.BrH/c14-9(8-4-2-1-3-5-8)6-11-12-10(7-17-11)13(15)16;/h1-5,7H,6H2;1H. The number of ketones is 1. The van der Waals surface area contributed by atoms with Crippen molar-refractivity contribution >= 4 is 39.9 Å². The number of halogens is 1. The van der Waals surface area contributed by atoms with Gasteiger partial charge in [0.15, 0.2) is 5.78 Å². The Balaban J connectivity index is 0.00000162. The molecular weight excluding hydrogens is 320 g/mol. The smallest absolute Gasteiger partial charge is 0.358 e. The van der Waals surface area contributed by atoms with E-state index in [0.717, 1.165) is 11.3 Å². The molecule has 94 valence electrons. The second-order valence-electron chi connectivity index (χ2n) is 3.32. The van der Waals surface area contributed by atoms with Crippen molar-refractivity contribution in [2.75, 3.05) is 0 Å². The minimum Gasteiger partial charge on any atom is -0.358 e. The van der Waals surface area contributed by atoms with Crippen molar-refractivity contribution in [2.24, 2.45) is 0 Å². The normalized spacial score (nSPS) is 9.56. The Morgan fingerprint density at radius 3 is 2.56 bits per heavy atom. The summed E-state index contributed by atoms with van der Waals surface area (Å²) in [5.41, 5.74) is 0.588. The van der Waals surface area contributed by atoms with Gasteiger partial charge >= 0.3 is 5.82 Å². The highest BCUT2D eigenvalue weighted by atomic mass is 79.9. The van der Waals surface area contributed by atoms with Gasteiger partial charge in [-0.25, -0.2) is 0 Å². The van der Waals surface area contributed by atoms with Crippen molar-refractivity contribution in [2.45, 2.75) is 6.42 Å². The SMILES string of the molecule is Br.O=C(Cc1nc([N+](=O)[O-])cs1)c1ccccc1. The number of carbonyl (C=O) groups excluding carboxylic acids is 1. The Bertz CT molecular complexity index is 556. The summed E-state index contributed by atoms with van der Waals surface area (Å²) < 4.78 is 0. The number of aromatic nitrogens is 1. The van der Waals surface area contributed by atoms with Crippen LogP contribution in [0.3, 0.4) is 0 Å². The van der Waals surface area contributed by atoms with Gasteiger partial charge in [0.2, 0.25) is 5.01 Å². The lowest BCUT2D eigenvalue weighted by atomic mass is 10.1. The molecule has 1 heterocycles. The number of carbonyl (C=O) groups is 1. The van der Waals surface area contributed by atoms with E-state index in [-0.39, 0.29) is 35.0 Å². The zero-order valence-electron chi connectivity index (χ0n) is 9.11. The van der Waals surface area contributed by atoms with Crippen LogP contribution in [0.1, 0.15) is 15.4 Å². The molecule has 1 aromatic carbocycles. The maximum atomic E-state index is 11.8. The van der Waals surface area contributed by atoms with Gasteiger partial charge in [-0.05, 0) is 9.91 Å². The van der Waals surface area contributed by atoms with E-state index < -0.39 is 4.92 Å². The molecule has 0 aliphatic carbocycles. The van der Waals surface area contributed by atoms with Gasteiger partial charge in [-0.1, -0.05) is 41.7 Å². The minimum absolute atomic E-state index is 0. The van der Waals surface area contributed by atoms with Crippen molar-refractivity contribution in [3.63, 3.8) is 0 Å². The van der Waals surface area contributed by atoms with Gasteiger partial charge < -0.3 is 10.1 Å². The third-order valence-corrected chi connectivity index (χ3v) is 2.97. The third-order valence-electron chi connectivity index (χ3n) is 2.13. The van der Waals surface area contributed by atoms with Crippen LogP contribution in [0.4, 0.5) is 5.82 Å². The van der Waals surface area contributed by atoms with Gasteiger partial charge in [0, 0.05) is 5.56 Å². The Morgan fingerprint density at radius 1 is 1.33 bits per heavy atom. The molecule has 0 saturated heterocycles. The first-order chi connectivity index (χ1) is 8.16. The highest BCUT2D eigenvalue weighted by Crippen LogP contribution is 2.17. The van der Waals surface area contributed by atoms with E-state index in [9.17, 15) is 14.9 Å². The van der Waals surface area contributed by atoms with E-state index in [1.54, 1.807) is 24.3 Å². The molecule has 1 aromatic heterocycles. The molecule has 5 nitrogen and oxygen atoms in total. The van der Waals surface area contributed by atoms with Crippen molar-refractivity contribution in [1.29, 1.82) is 0 Å². The molecule has 0 radical (unpaired) electrons. The first kappa shape index (κ1) is 14.5. The van der Waals surface area contributed by atoms with Crippen molar-refractivity contribution in [1.82, 2.24) is 4.98 Å². The van der Waals surface area contributed by atoms with Gasteiger partial charge in [0.05, 0.1) is 11.8 Å². The Hall–Kier alpha value is -1.60. The summed E-state index contributed by atoms with van der Waals surface area (Å²) in [5.74, 6) is -0.291. The van der Waals surface area contributed by atoms with Gasteiger partial charge in [0.25, 0.3) is 0 Å². The predicted molar refractivity (Wildman–Crippen MR) is 73.6 cm³/mol. The summed E-state index contributed by atoms with van der Waals surface area (Å²) in [5, 5.41) is 12.2. The molecule has 0 amide bonds. The first-order valence-corrected chi connectivity index (χ1v) is 5.72. The van der Waals surface area contributed by atoms with Crippen LogP contribution in [0, 0.1) is 10.1 Å². The number of rotatable bonds is 4. The van der Waals surface area contributed by atoms with E-state index in [4.69, 9.17) is 0 Å². The highest BCUT2D eigenvalue weighted by Gasteiger charge is 2.17. The summed E-state index contributed by atoms with van der Waals surface area (Å²) in [7, 11) is 0. The number of thiazole rings is 1. The molecule has 2 rings (SSSR count). The van der Waals surface area contributed by atoms with Gasteiger partial charge in [0.1, 0.15) is 0 Å². The molecule has 0 bridgehead atoms. The number of nitrogens with zero attached hydrogens (tertiary/aromatic N) is 2. The summed E-state index contributed by atoms with van der Waals surface area (Å²) in [6.45, 7) is 0. The van der Waals surface area contributed by atoms with Crippen LogP contribution in [0.5, 0.6) is 0 Å². The molecule has 18 heavy (non-hydrogen) atoms. The second kappa shape index (κ2) is 6.36.